The number of ether oxygens (including phenoxy) is 1. The Bertz CT molecular complexity index is 1290. The number of sulfonamides is 1. The first-order valence-electron chi connectivity index (χ1n) is 11.1. The number of fused-ring (bicyclic) bond motifs is 1. The van der Waals surface area contributed by atoms with Gasteiger partial charge < -0.3 is 21.2 Å². The zero-order valence-corrected chi connectivity index (χ0v) is 19.7. The quantitative estimate of drug-likeness (QED) is 0.488. The highest BCUT2D eigenvalue weighted by Crippen LogP contribution is 2.37. The second-order valence-corrected chi connectivity index (χ2v) is 10.6. The summed E-state index contributed by atoms with van der Waals surface area (Å²) in [6.07, 6.45) is 3.37. The van der Waals surface area contributed by atoms with Gasteiger partial charge in [-0.05, 0) is 66.6 Å². The van der Waals surface area contributed by atoms with Crippen LogP contribution in [0.25, 0.3) is 22.0 Å². The van der Waals surface area contributed by atoms with Crippen LogP contribution in [0.1, 0.15) is 47.2 Å². The number of rotatable bonds is 7. The third-order valence-corrected chi connectivity index (χ3v) is 8.45. The highest BCUT2D eigenvalue weighted by molar-refractivity contribution is 7.89. The first-order valence-corrected chi connectivity index (χ1v) is 12.7. The van der Waals surface area contributed by atoms with Gasteiger partial charge in [0.2, 0.25) is 10.0 Å². The van der Waals surface area contributed by atoms with Gasteiger partial charge >= 0.3 is 0 Å². The Morgan fingerprint density at radius 3 is 2.52 bits per heavy atom. The lowest BCUT2D eigenvalue weighted by Crippen LogP contribution is -2.38. The summed E-state index contributed by atoms with van der Waals surface area (Å²) in [5, 5.41) is 0.934. The first kappa shape index (κ1) is 23.3. The van der Waals surface area contributed by atoms with Crippen molar-refractivity contribution in [3.63, 3.8) is 0 Å². The fourth-order valence-corrected chi connectivity index (χ4v) is 5.83. The van der Waals surface area contributed by atoms with Crippen molar-refractivity contribution in [2.75, 3.05) is 26.0 Å². The molecule has 4 rings (SSSR count). The second-order valence-electron chi connectivity index (χ2n) is 8.36. The minimum Gasteiger partial charge on any atom is -0.496 e. The average Bonchev–Trinajstić information content (AvgIpc) is 3.26. The van der Waals surface area contributed by atoms with Gasteiger partial charge in [-0.2, -0.15) is 0 Å². The maximum atomic E-state index is 12.3. The molecule has 1 amide bonds. The molecule has 0 radical (unpaired) electrons. The molecule has 1 fully saturated rings. The van der Waals surface area contributed by atoms with E-state index in [-0.39, 0.29) is 11.7 Å². The Kier molecular flexibility index (Phi) is 6.47. The Hall–Kier alpha value is -2.88. The van der Waals surface area contributed by atoms with Crippen LogP contribution < -0.4 is 16.2 Å². The van der Waals surface area contributed by atoms with E-state index in [1.807, 2.05) is 24.4 Å². The molecule has 1 saturated heterocycles. The first-order chi connectivity index (χ1) is 15.8. The van der Waals surface area contributed by atoms with Gasteiger partial charge in [0.25, 0.3) is 5.91 Å². The van der Waals surface area contributed by atoms with Gasteiger partial charge in [-0.25, -0.2) is 12.7 Å². The molecule has 1 aliphatic heterocycles. The number of carbonyl (C=O) groups excluding carboxylic acids is 1. The predicted octanol–water partition coefficient (Wildman–Crippen LogP) is 2.93. The summed E-state index contributed by atoms with van der Waals surface area (Å²) < 4.78 is 31.4. The van der Waals surface area contributed by atoms with Crippen LogP contribution in [0.5, 0.6) is 5.75 Å². The summed E-state index contributed by atoms with van der Waals surface area (Å²) in [7, 11) is -1.58. The van der Waals surface area contributed by atoms with Crippen molar-refractivity contribution in [2.24, 2.45) is 11.5 Å². The van der Waals surface area contributed by atoms with E-state index in [1.54, 1.807) is 24.4 Å². The van der Waals surface area contributed by atoms with E-state index < -0.39 is 15.9 Å². The van der Waals surface area contributed by atoms with Gasteiger partial charge in [0.1, 0.15) is 5.75 Å². The van der Waals surface area contributed by atoms with Crippen LogP contribution in [0.15, 0.2) is 36.5 Å². The van der Waals surface area contributed by atoms with Crippen molar-refractivity contribution < 1.29 is 17.9 Å². The number of nitrogens with one attached hydrogen (secondary N) is 1. The molecule has 176 valence electrons. The number of amides is 1. The van der Waals surface area contributed by atoms with Crippen molar-refractivity contribution in [1.29, 1.82) is 0 Å². The normalized spacial score (nSPS) is 15.7. The van der Waals surface area contributed by atoms with Crippen molar-refractivity contribution in [2.45, 2.75) is 32.2 Å². The number of aromatic nitrogens is 1. The topological polar surface area (TPSA) is 132 Å². The van der Waals surface area contributed by atoms with Crippen LogP contribution in [0.2, 0.25) is 0 Å². The number of H-pyrrole nitrogens is 1. The van der Waals surface area contributed by atoms with E-state index in [9.17, 15) is 13.2 Å². The number of hydrogen-bond donors (Lipinski definition) is 3. The minimum atomic E-state index is -3.19. The number of nitrogens with two attached hydrogens (primary N) is 2. The predicted molar refractivity (Wildman–Crippen MR) is 130 cm³/mol. The fraction of sp³-hybridized carbons (Fsp3) is 0.375. The van der Waals surface area contributed by atoms with Crippen molar-refractivity contribution in [3.8, 4) is 16.9 Å². The van der Waals surface area contributed by atoms with Crippen LogP contribution in [0, 0.1) is 0 Å². The van der Waals surface area contributed by atoms with E-state index >= 15 is 0 Å². The number of methoxy groups -OCH3 is 1. The van der Waals surface area contributed by atoms with Crippen LogP contribution in [-0.2, 0) is 16.6 Å². The van der Waals surface area contributed by atoms with Gasteiger partial charge in [0, 0.05) is 36.8 Å². The molecule has 1 aromatic heterocycles. The van der Waals surface area contributed by atoms with Crippen molar-refractivity contribution in [1.82, 2.24) is 9.29 Å². The number of piperidine rings is 1. The lowest BCUT2D eigenvalue weighted by Gasteiger charge is -2.31. The molecule has 0 bridgehead atoms. The maximum absolute atomic E-state index is 12.3. The number of aromatic amines is 1. The molecule has 0 spiro atoms. The Morgan fingerprint density at radius 1 is 1.18 bits per heavy atom. The Morgan fingerprint density at radius 2 is 1.91 bits per heavy atom. The molecule has 0 unspecified atom stereocenters. The standard InChI is InChI=1S/C24H30N4O4S/c1-3-33(30,31)28-8-6-15(7-9-28)21-14-27-23-19(21)11-17(12-20(23)24(26)29)16-4-5-22(32-2)18(10-16)13-25/h4-5,10-12,14-15,27H,3,6-9,13,25H2,1-2H3,(H2,26,29). The van der Waals surface area contributed by atoms with Gasteiger partial charge in [-0.1, -0.05) is 6.07 Å². The molecule has 0 aliphatic carbocycles. The third kappa shape index (κ3) is 4.36. The fourth-order valence-electron chi connectivity index (χ4n) is 4.70. The average molecular weight is 471 g/mol. The van der Waals surface area contributed by atoms with Crippen LogP contribution in [0.3, 0.4) is 0 Å². The van der Waals surface area contributed by atoms with Crippen LogP contribution >= 0.6 is 0 Å². The van der Waals surface area contributed by atoms with Crippen LogP contribution in [-0.4, -0.2) is 49.6 Å². The molecule has 2 aromatic carbocycles. The molecule has 8 nitrogen and oxygen atoms in total. The van der Waals surface area contributed by atoms with Gasteiger partial charge in [-0.3, -0.25) is 4.79 Å². The van der Waals surface area contributed by atoms with E-state index in [0.29, 0.717) is 36.5 Å². The number of nitrogens with zero attached hydrogens (tertiary/aromatic N) is 1. The van der Waals surface area contributed by atoms with E-state index in [4.69, 9.17) is 16.2 Å². The Balaban J connectivity index is 1.75. The zero-order chi connectivity index (χ0) is 23.8. The van der Waals surface area contributed by atoms with Gasteiger partial charge in [0.05, 0.1) is 23.9 Å². The van der Waals surface area contributed by atoms with Gasteiger partial charge in [0.15, 0.2) is 0 Å². The van der Waals surface area contributed by atoms with E-state index in [1.165, 1.54) is 0 Å². The summed E-state index contributed by atoms with van der Waals surface area (Å²) in [6, 6.07) is 9.62. The second kappa shape index (κ2) is 9.17. The van der Waals surface area contributed by atoms with E-state index in [0.717, 1.165) is 40.5 Å². The molecule has 0 saturated carbocycles. The Labute approximate surface area is 193 Å². The zero-order valence-electron chi connectivity index (χ0n) is 18.9. The molecule has 33 heavy (non-hydrogen) atoms. The maximum Gasteiger partial charge on any atom is 0.250 e. The summed E-state index contributed by atoms with van der Waals surface area (Å²) in [5.41, 5.74) is 16.5. The van der Waals surface area contributed by atoms with Crippen molar-refractivity contribution >= 4 is 26.8 Å². The van der Waals surface area contributed by atoms with Crippen molar-refractivity contribution in [3.05, 3.63) is 53.2 Å². The third-order valence-electron chi connectivity index (χ3n) is 6.57. The lowest BCUT2D eigenvalue weighted by atomic mass is 9.88. The van der Waals surface area contributed by atoms with E-state index in [2.05, 4.69) is 11.1 Å². The summed E-state index contributed by atoms with van der Waals surface area (Å²) >= 11 is 0. The molecular formula is C24H30N4O4S. The highest BCUT2D eigenvalue weighted by atomic mass is 32.2. The monoisotopic (exact) mass is 470 g/mol. The molecule has 9 heteroatoms. The number of primary amides is 1. The largest absolute Gasteiger partial charge is 0.496 e. The van der Waals surface area contributed by atoms with Gasteiger partial charge in [-0.15, -0.1) is 0 Å². The molecule has 5 N–H and O–H groups in total. The summed E-state index contributed by atoms with van der Waals surface area (Å²) in [5.74, 6) is 0.511. The molecule has 2 heterocycles. The minimum absolute atomic E-state index is 0.114. The number of benzene rings is 2. The highest BCUT2D eigenvalue weighted by Gasteiger charge is 2.29. The SMILES string of the molecule is CCS(=O)(=O)N1CCC(c2c[nH]c3c(C(N)=O)cc(-c4ccc(OC)c(CN)c4)cc23)CC1. The molecule has 1 aliphatic rings. The molecule has 0 atom stereocenters. The summed E-state index contributed by atoms with van der Waals surface area (Å²) in [4.78, 5) is 15.5. The lowest BCUT2D eigenvalue weighted by molar-refractivity contribution is 0.100. The number of carbonyl (C=O) groups is 1. The number of hydrogen-bond acceptors (Lipinski definition) is 5. The molecule has 3 aromatic rings. The smallest absolute Gasteiger partial charge is 0.250 e. The summed E-state index contributed by atoms with van der Waals surface area (Å²) in [6.45, 7) is 2.99. The molecular weight excluding hydrogens is 440 g/mol. The van der Waals surface area contributed by atoms with Crippen LogP contribution in [0.4, 0.5) is 0 Å².